The summed E-state index contributed by atoms with van der Waals surface area (Å²) >= 11 is 1.25. The van der Waals surface area contributed by atoms with E-state index in [0.717, 1.165) is 16.8 Å². The lowest BCUT2D eigenvalue weighted by molar-refractivity contribution is -0.139. The van der Waals surface area contributed by atoms with Crippen molar-refractivity contribution in [2.24, 2.45) is 0 Å². The molecule has 0 bridgehead atoms. The van der Waals surface area contributed by atoms with Gasteiger partial charge >= 0.3 is 5.97 Å². The number of halogens is 1. The first-order valence-corrected chi connectivity index (χ1v) is 9.14. The van der Waals surface area contributed by atoms with Gasteiger partial charge in [0.25, 0.3) is 0 Å². The minimum Gasteiger partial charge on any atom is -0.465 e. The van der Waals surface area contributed by atoms with E-state index >= 15 is 0 Å². The molecule has 134 valence electrons. The Morgan fingerprint density at radius 1 is 1.12 bits per heavy atom. The fourth-order valence-electron chi connectivity index (χ4n) is 2.40. The lowest BCUT2D eigenvalue weighted by atomic mass is 10.2. The van der Waals surface area contributed by atoms with Crippen LogP contribution in [-0.2, 0) is 9.53 Å². The van der Waals surface area contributed by atoms with Gasteiger partial charge in [-0.25, -0.2) is 4.39 Å². The molecule has 5 nitrogen and oxygen atoms in total. The lowest BCUT2D eigenvalue weighted by Gasteiger charge is -2.10. The summed E-state index contributed by atoms with van der Waals surface area (Å²) in [6.45, 7) is 4.11. The van der Waals surface area contributed by atoms with Crippen LogP contribution >= 0.6 is 11.8 Å². The van der Waals surface area contributed by atoms with Crippen LogP contribution in [0.4, 0.5) is 4.39 Å². The molecule has 7 heteroatoms. The van der Waals surface area contributed by atoms with Crippen LogP contribution in [0.5, 0.6) is 0 Å². The van der Waals surface area contributed by atoms with Crippen LogP contribution in [-0.4, -0.2) is 33.1 Å². The van der Waals surface area contributed by atoms with E-state index in [2.05, 4.69) is 10.2 Å². The van der Waals surface area contributed by atoms with Crippen molar-refractivity contribution in [1.82, 2.24) is 14.8 Å². The van der Waals surface area contributed by atoms with Gasteiger partial charge in [-0.15, -0.1) is 10.2 Å². The first-order valence-electron chi connectivity index (χ1n) is 8.15. The molecule has 3 aromatic rings. The Balaban J connectivity index is 2.00. The Morgan fingerprint density at radius 2 is 1.81 bits per heavy atom. The second kappa shape index (κ2) is 8.14. The highest BCUT2D eigenvalue weighted by molar-refractivity contribution is 7.99. The number of carbonyl (C=O) groups excluding carboxylic acids is 1. The van der Waals surface area contributed by atoms with Crippen molar-refractivity contribution in [1.29, 1.82) is 0 Å². The average Bonchev–Trinajstić information content (AvgIpc) is 3.05. The molecule has 0 unspecified atom stereocenters. The summed E-state index contributed by atoms with van der Waals surface area (Å²) in [6, 6.07) is 14.0. The highest BCUT2D eigenvalue weighted by atomic mass is 32.2. The standard InChI is InChI=1S/C19H18FN3O2S/c1-3-25-17(24)12-26-19-22-21-18(14-6-8-15(20)9-7-14)23(19)16-10-4-13(2)5-11-16/h4-11H,3,12H2,1-2H3. The predicted octanol–water partition coefficient (Wildman–Crippen LogP) is 4.04. The van der Waals surface area contributed by atoms with E-state index < -0.39 is 0 Å². The number of nitrogens with zero attached hydrogens (tertiary/aromatic N) is 3. The topological polar surface area (TPSA) is 57.0 Å². The highest BCUT2D eigenvalue weighted by Crippen LogP contribution is 2.28. The molecule has 0 aliphatic carbocycles. The molecular formula is C19H18FN3O2S. The number of aromatic nitrogens is 3. The maximum Gasteiger partial charge on any atom is 0.316 e. The number of hydrogen-bond acceptors (Lipinski definition) is 5. The molecule has 0 radical (unpaired) electrons. The van der Waals surface area contributed by atoms with E-state index in [9.17, 15) is 9.18 Å². The van der Waals surface area contributed by atoms with Gasteiger partial charge in [0.1, 0.15) is 5.82 Å². The van der Waals surface area contributed by atoms with Gasteiger partial charge in [0, 0.05) is 11.3 Å². The molecule has 1 heterocycles. The Kier molecular flexibility index (Phi) is 5.68. The lowest BCUT2D eigenvalue weighted by Crippen LogP contribution is -2.08. The van der Waals surface area contributed by atoms with Crippen molar-refractivity contribution in [3.63, 3.8) is 0 Å². The van der Waals surface area contributed by atoms with Crippen LogP contribution in [0, 0.1) is 12.7 Å². The van der Waals surface area contributed by atoms with E-state index in [4.69, 9.17) is 4.74 Å². The van der Waals surface area contributed by atoms with E-state index in [-0.39, 0.29) is 17.5 Å². The Bertz CT molecular complexity index is 892. The number of ether oxygens (including phenoxy) is 1. The molecule has 0 atom stereocenters. The van der Waals surface area contributed by atoms with Crippen molar-refractivity contribution >= 4 is 17.7 Å². The molecule has 0 aliphatic rings. The van der Waals surface area contributed by atoms with Gasteiger partial charge < -0.3 is 4.74 Å². The van der Waals surface area contributed by atoms with Gasteiger partial charge in [-0.2, -0.15) is 0 Å². The number of carbonyl (C=O) groups is 1. The van der Waals surface area contributed by atoms with Crippen molar-refractivity contribution < 1.29 is 13.9 Å². The Labute approximate surface area is 155 Å². The van der Waals surface area contributed by atoms with E-state index in [1.54, 1.807) is 19.1 Å². The molecule has 0 saturated heterocycles. The van der Waals surface area contributed by atoms with Gasteiger partial charge in [0.15, 0.2) is 11.0 Å². The van der Waals surface area contributed by atoms with Crippen molar-refractivity contribution in [2.75, 3.05) is 12.4 Å². The average molecular weight is 371 g/mol. The van der Waals surface area contributed by atoms with Crippen LogP contribution in [0.3, 0.4) is 0 Å². The third-order valence-electron chi connectivity index (χ3n) is 3.65. The third-order valence-corrected chi connectivity index (χ3v) is 4.55. The van der Waals surface area contributed by atoms with Gasteiger partial charge in [-0.1, -0.05) is 29.5 Å². The van der Waals surface area contributed by atoms with Crippen molar-refractivity contribution in [3.8, 4) is 17.1 Å². The molecule has 0 saturated carbocycles. The maximum absolute atomic E-state index is 13.3. The summed E-state index contributed by atoms with van der Waals surface area (Å²) in [6.07, 6.45) is 0. The normalized spacial score (nSPS) is 10.7. The molecule has 0 aliphatic heterocycles. The molecule has 2 aromatic carbocycles. The molecular weight excluding hydrogens is 353 g/mol. The Morgan fingerprint density at radius 3 is 2.46 bits per heavy atom. The smallest absolute Gasteiger partial charge is 0.316 e. The molecule has 0 spiro atoms. The number of rotatable bonds is 6. The zero-order valence-electron chi connectivity index (χ0n) is 14.5. The second-order valence-electron chi connectivity index (χ2n) is 5.58. The minimum absolute atomic E-state index is 0.140. The van der Waals surface area contributed by atoms with Crippen LogP contribution in [0.15, 0.2) is 53.7 Å². The highest BCUT2D eigenvalue weighted by Gasteiger charge is 2.17. The maximum atomic E-state index is 13.3. The van der Waals surface area contributed by atoms with E-state index in [0.29, 0.717) is 17.6 Å². The largest absolute Gasteiger partial charge is 0.465 e. The summed E-state index contributed by atoms with van der Waals surface area (Å²) in [5.74, 6) is 0.105. The first-order chi connectivity index (χ1) is 12.6. The number of benzene rings is 2. The molecule has 26 heavy (non-hydrogen) atoms. The molecule has 0 amide bonds. The minimum atomic E-state index is -0.313. The summed E-state index contributed by atoms with van der Waals surface area (Å²) < 4.78 is 20.1. The summed E-state index contributed by atoms with van der Waals surface area (Å²) in [5, 5.41) is 9.05. The van der Waals surface area contributed by atoms with Crippen LogP contribution in [0.2, 0.25) is 0 Å². The van der Waals surface area contributed by atoms with Crippen molar-refractivity contribution in [2.45, 2.75) is 19.0 Å². The second-order valence-corrected chi connectivity index (χ2v) is 6.52. The number of hydrogen-bond donors (Lipinski definition) is 0. The van der Waals surface area contributed by atoms with Gasteiger partial charge in [0.2, 0.25) is 0 Å². The number of esters is 1. The fourth-order valence-corrected chi connectivity index (χ4v) is 3.15. The Hall–Kier alpha value is -2.67. The molecule has 3 rings (SSSR count). The van der Waals surface area contributed by atoms with E-state index in [1.807, 2.05) is 35.8 Å². The SMILES string of the molecule is CCOC(=O)CSc1nnc(-c2ccc(F)cc2)n1-c1ccc(C)cc1. The molecule has 1 aromatic heterocycles. The zero-order chi connectivity index (χ0) is 18.5. The number of aryl methyl sites for hydroxylation is 1. The fraction of sp³-hybridized carbons (Fsp3) is 0.211. The summed E-state index contributed by atoms with van der Waals surface area (Å²) in [7, 11) is 0. The van der Waals surface area contributed by atoms with Gasteiger partial charge in [0.05, 0.1) is 12.4 Å². The predicted molar refractivity (Wildman–Crippen MR) is 98.8 cm³/mol. The van der Waals surface area contributed by atoms with Gasteiger partial charge in [-0.05, 0) is 50.2 Å². The summed E-state index contributed by atoms with van der Waals surface area (Å²) in [4.78, 5) is 11.7. The monoisotopic (exact) mass is 371 g/mol. The van der Waals surface area contributed by atoms with E-state index in [1.165, 1.54) is 23.9 Å². The summed E-state index contributed by atoms with van der Waals surface area (Å²) in [5.41, 5.74) is 2.74. The van der Waals surface area contributed by atoms with Gasteiger partial charge in [-0.3, -0.25) is 9.36 Å². The van der Waals surface area contributed by atoms with Crippen LogP contribution < -0.4 is 0 Å². The number of thioether (sulfide) groups is 1. The molecule has 0 fully saturated rings. The third kappa shape index (κ3) is 4.11. The quantitative estimate of drug-likeness (QED) is 0.484. The molecule has 0 N–H and O–H groups in total. The van der Waals surface area contributed by atoms with Crippen LogP contribution in [0.25, 0.3) is 17.1 Å². The van der Waals surface area contributed by atoms with Crippen molar-refractivity contribution in [3.05, 3.63) is 59.9 Å². The zero-order valence-corrected chi connectivity index (χ0v) is 15.3. The van der Waals surface area contributed by atoms with Crippen LogP contribution in [0.1, 0.15) is 12.5 Å². The first kappa shape index (κ1) is 18.1.